The summed E-state index contributed by atoms with van der Waals surface area (Å²) in [6.45, 7) is 0. The fourth-order valence-corrected chi connectivity index (χ4v) is 1.57. The van der Waals surface area contributed by atoms with Crippen molar-refractivity contribution in [2.75, 3.05) is 18.2 Å². The Balaban J connectivity index is 2.28. The number of halogens is 2. The summed E-state index contributed by atoms with van der Waals surface area (Å²) in [5.41, 5.74) is 6.33. The average molecular weight is 268 g/mol. The fraction of sp³-hybridized carbons (Fsp3) is 0.0833. The number of nitrogens with two attached hydrogens (primary N) is 1. The molecule has 0 saturated heterocycles. The first kappa shape index (κ1) is 12.4. The van der Waals surface area contributed by atoms with E-state index < -0.39 is 5.82 Å². The van der Waals surface area contributed by atoms with Crippen molar-refractivity contribution < 1.29 is 9.13 Å². The van der Waals surface area contributed by atoms with E-state index in [2.05, 4.69) is 10.3 Å². The van der Waals surface area contributed by atoms with Crippen LogP contribution in [0.5, 0.6) is 5.88 Å². The zero-order chi connectivity index (χ0) is 13.1. The first-order valence-corrected chi connectivity index (χ1v) is 5.50. The zero-order valence-corrected chi connectivity index (χ0v) is 10.3. The van der Waals surface area contributed by atoms with E-state index in [-0.39, 0.29) is 11.6 Å². The summed E-state index contributed by atoms with van der Waals surface area (Å²) in [4.78, 5) is 4.09. The van der Waals surface area contributed by atoms with E-state index in [1.54, 1.807) is 18.2 Å². The number of methoxy groups -OCH3 is 1. The Bertz CT molecular complexity index is 577. The lowest BCUT2D eigenvalue weighted by Crippen LogP contribution is -2.00. The standard InChI is InChI=1S/C12H11ClFN3O/c1-18-12-9(15)3-5-11(17-12)16-10-4-2-7(13)6-8(10)14/h2-6H,15H2,1H3,(H,16,17). The van der Waals surface area contributed by atoms with Crippen LogP contribution < -0.4 is 15.8 Å². The van der Waals surface area contributed by atoms with Gasteiger partial charge in [-0.2, -0.15) is 4.98 Å². The number of nitrogens with one attached hydrogen (secondary N) is 1. The molecule has 0 aliphatic heterocycles. The second-order valence-corrected chi connectivity index (χ2v) is 3.98. The highest BCUT2D eigenvalue weighted by Gasteiger charge is 2.06. The quantitative estimate of drug-likeness (QED) is 0.896. The predicted octanol–water partition coefficient (Wildman–Crippen LogP) is 3.21. The van der Waals surface area contributed by atoms with Crippen molar-refractivity contribution in [2.45, 2.75) is 0 Å². The summed E-state index contributed by atoms with van der Waals surface area (Å²) in [5, 5.41) is 3.16. The average Bonchev–Trinajstić information content (AvgIpc) is 2.35. The van der Waals surface area contributed by atoms with Crippen LogP contribution in [0, 0.1) is 5.82 Å². The van der Waals surface area contributed by atoms with E-state index in [9.17, 15) is 4.39 Å². The molecule has 0 aliphatic rings. The van der Waals surface area contributed by atoms with E-state index in [1.165, 1.54) is 19.2 Å². The van der Waals surface area contributed by atoms with Crippen LogP contribution in [0.15, 0.2) is 30.3 Å². The van der Waals surface area contributed by atoms with Crippen molar-refractivity contribution in [1.82, 2.24) is 4.98 Å². The number of benzene rings is 1. The van der Waals surface area contributed by atoms with Crippen molar-refractivity contribution in [3.63, 3.8) is 0 Å². The maximum atomic E-state index is 13.6. The Labute approximate surface area is 109 Å². The monoisotopic (exact) mass is 267 g/mol. The van der Waals surface area contributed by atoms with E-state index in [0.717, 1.165) is 0 Å². The summed E-state index contributed by atoms with van der Waals surface area (Å²) in [7, 11) is 1.46. The van der Waals surface area contributed by atoms with Crippen LogP contribution in [-0.2, 0) is 0 Å². The minimum atomic E-state index is -0.458. The molecule has 0 fully saturated rings. The molecule has 0 atom stereocenters. The number of ether oxygens (including phenoxy) is 1. The minimum Gasteiger partial charge on any atom is -0.479 e. The van der Waals surface area contributed by atoms with Gasteiger partial charge in [0.1, 0.15) is 11.6 Å². The van der Waals surface area contributed by atoms with Gasteiger partial charge in [0.25, 0.3) is 0 Å². The van der Waals surface area contributed by atoms with Crippen molar-refractivity contribution in [1.29, 1.82) is 0 Å². The molecular formula is C12H11ClFN3O. The third kappa shape index (κ3) is 2.62. The predicted molar refractivity (Wildman–Crippen MR) is 69.9 cm³/mol. The maximum absolute atomic E-state index is 13.6. The molecule has 6 heteroatoms. The molecule has 1 heterocycles. The number of rotatable bonds is 3. The van der Waals surface area contributed by atoms with Gasteiger partial charge in [-0.1, -0.05) is 11.6 Å². The third-order valence-corrected chi connectivity index (χ3v) is 2.51. The highest BCUT2D eigenvalue weighted by molar-refractivity contribution is 6.30. The highest BCUT2D eigenvalue weighted by atomic mass is 35.5. The molecule has 94 valence electrons. The van der Waals surface area contributed by atoms with E-state index in [1.807, 2.05) is 0 Å². The number of pyridine rings is 1. The molecule has 3 N–H and O–H groups in total. The van der Waals surface area contributed by atoms with Gasteiger partial charge in [0.2, 0.25) is 5.88 Å². The Kier molecular flexibility index (Phi) is 3.53. The number of anilines is 3. The molecule has 2 rings (SSSR count). The molecule has 1 aromatic carbocycles. The molecule has 0 bridgehead atoms. The number of hydrogen-bond donors (Lipinski definition) is 2. The van der Waals surface area contributed by atoms with Crippen LogP contribution in [-0.4, -0.2) is 12.1 Å². The van der Waals surface area contributed by atoms with Gasteiger partial charge in [0.05, 0.1) is 18.5 Å². The molecule has 0 spiro atoms. The minimum absolute atomic E-state index is 0.277. The van der Waals surface area contributed by atoms with Crippen LogP contribution in [0.4, 0.5) is 21.6 Å². The second-order valence-electron chi connectivity index (χ2n) is 3.54. The molecule has 1 aromatic heterocycles. The summed E-state index contributed by atoms with van der Waals surface area (Å²) in [6, 6.07) is 7.59. The molecule has 18 heavy (non-hydrogen) atoms. The molecule has 4 nitrogen and oxygen atoms in total. The van der Waals surface area contributed by atoms with E-state index in [4.69, 9.17) is 22.1 Å². The van der Waals surface area contributed by atoms with E-state index >= 15 is 0 Å². The number of nitrogen functional groups attached to an aromatic ring is 1. The van der Waals surface area contributed by atoms with Gasteiger partial charge in [0, 0.05) is 5.02 Å². The first-order chi connectivity index (χ1) is 8.60. The molecule has 0 amide bonds. The van der Waals surface area contributed by atoms with Gasteiger partial charge in [0.15, 0.2) is 0 Å². The van der Waals surface area contributed by atoms with Crippen molar-refractivity contribution in [2.24, 2.45) is 0 Å². The summed E-state index contributed by atoms with van der Waals surface area (Å²) in [5.74, 6) is 0.261. The van der Waals surface area contributed by atoms with Crippen LogP contribution in [0.3, 0.4) is 0 Å². The van der Waals surface area contributed by atoms with Crippen LogP contribution in [0.2, 0.25) is 5.02 Å². The molecule has 0 saturated carbocycles. The summed E-state index contributed by atoms with van der Waals surface area (Å²) in [6.07, 6.45) is 0. The summed E-state index contributed by atoms with van der Waals surface area (Å²) < 4.78 is 18.5. The Morgan fingerprint density at radius 3 is 2.78 bits per heavy atom. The smallest absolute Gasteiger partial charge is 0.238 e. The fourth-order valence-electron chi connectivity index (χ4n) is 1.41. The lowest BCUT2D eigenvalue weighted by molar-refractivity contribution is 0.401. The lowest BCUT2D eigenvalue weighted by atomic mass is 10.3. The number of hydrogen-bond acceptors (Lipinski definition) is 4. The molecular weight excluding hydrogens is 257 g/mol. The van der Waals surface area contributed by atoms with E-state index in [0.29, 0.717) is 16.5 Å². The van der Waals surface area contributed by atoms with Crippen molar-refractivity contribution >= 4 is 28.8 Å². The van der Waals surface area contributed by atoms with Crippen LogP contribution in [0.25, 0.3) is 0 Å². The molecule has 0 unspecified atom stereocenters. The normalized spacial score (nSPS) is 10.2. The van der Waals surface area contributed by atoms with Crippen LogP contribution >= 0.6 is 11.6 Å². The first-order valence-electron chi connectivity index (χ1n) is 5.12. The third-order valence-electron chi connectivity index (χ3n) is 2.28. The Morgan fingerprint density at radius 1 is 1.33 bits per heavy atom. The second kappa shape index (κ2) is 5.10. The largest absolute Gasteiger partial charge is 0.479 e. The molecule has 0 aliphatic carbocycles. The molecule has 2 aromatic rings. The van der Waals surface area contributed by atoms with Crippen LogP contribution in [0.1, 0.15) is 0 Å². The topological polar surface area (TPSA) is 60.2 Å². The summed E-state index contributed by atoms with van der Waals surface area (Å²) >= 11 is 5.67. The zero-order valence-electron chi connectivity index (χ0n) is 9.58. The van der Waals surface area contributed by atoms with Gasteiger partial charge in [-0.15, -0.1) is 0 Å². The van der Waals surface area contributed by atoms with Crippen molar-refractivity contribution in [3.05, 3.63) is 41.2 Å². The maximum Gasteiger partial charge on any atom is 0.238 e. The van der Waals surface area contributed by atoms with Crippen molar-refractivity contribution in [3.8, 4) is 5.88 Å². The Hall–Kier alpha value is -2.01. The lowest BCUT2D eigenvalue weighted by Gasteiger charge is -2.09. The highest BCUT2D eigenvalue weighted by Crippen LogP contribution is 2.25. The number of aromatic nitrogens is 1. The van der Waals surface area contributed by atoms with Gasteiger partial charge < -0.3 is 15.8 Å². The number of nitrogens with zero attached hydrogens (tertiary/aromatic N) is 1. The Morgan fingerprint density at radius 2 is 2.11 bits per heavy atom. The van der Waals surface area contributed by atoms with Gasteiger partial charge in [-0.25, -0.2) is 4.39 Å². The van der Waals surface area contributed by atoms with Gasteiger partial charge in [-0.05, 0) is 30.3 Å². The van der Waals surface area contributed by atoms with Gasteiger partial charge in [-0.3, -0.25) is 0 Å². The SMILES string of the molecule is COc1nc(Nc2ccc(Cl)cc2F)ccc1N. The van der Waals surface area contributed by atoms with Gasteiger partial charge >= 0.3 is 0 Å². The molecule has 0 radical (unpaired) electrons.